The molecule has 136 valence electrons. The Morgan fingerprint density at radius 1 is 1.28 bits per heavy atom. The lowest BCUT2D eigenvalue weighted by atomic mass is 10.0. The molecule has 0 unspecified atom stereocenters. The first-order valence-corrected chi connectivity index (χ1v) is 9.31. The summed E-state index contributed by atoms with van der Waals surface area (Å²) in [7, 11) is 0. The molecule has 25 heavy (non-hydrogen) atoms. The largest absolute Gasteiger partial charge is 0.465 e. The summed E-state index contributed by atoms with van der Waals surface area (Å²) >= 11 is 1.40. The van der Waals surface area contributed by atoms with Crippen LogP contribution in [0.1, 0.15) is 37.8 Å². The van der Waals surface area contributed by atoms with Crippen LogP contribution in [0.25, 0.3) is 0 Å². The number of rotatable bonds is 5. The summed E-state index contributed by atoms with van der Waals surface area (Å²) < 4.78 is 0. The van der Waals surface area contributed by atoms with Gasteiger partial charge in [-0.3, -0.25) is 4.79 Å². The van der Waals surface area contributed by atoms with Crippen LogP contribution in [0.15, 0.2) is 0 Å². The Hall–Kier alpha value is -2.27. The monoisotopic (exact) mass is 364 g/mol. The Morgan fingerprint density at radius 3 is 2.36 bits per heavy atom. The van der Waals surface area contributed by atoms with E-state index in [1.807, 2.05) is 20.8 Å². The molecule has 1 aromatic rings. The SMILES string of the molecule is CCC(CC)C(=O)Nc1sc(N2CCN(C(=O)O)CC2)c(C)c1C#N. The van der Waals surface area contributed by atoms with Gasteiger partial charge in [-0.2, -0.15) is 5.26 Å². The normalized spacial score (nSPS) is 14.5. The summed E-state index contributed by atoms with van der Waals surface area (Å²) in [5.41, 5.74) is 1.34. The van der Waals surface area contributed by atoms with E-state index in [-0.39, 0.29) is 11.8 Å². The third kappa shape index (κ3) is 4.04. The molecule has 0 saturated carbocycles. The first-order valence-electron chi connectivity index (χ1n) is 8.50. The van der Waals surface area contributed by atoms with E-state index in [2.05, 4.69) is 16.3 Å². The highest BCUT2D eigenvalue weighted by molar-refractivity contribution is 7.20. The lowest BCUT2D eigenvalue weighted by molar-refractivity contribution is -0.120. The molecule has 1 aromatic heterocycles. The van der Waals surface area contributed by atoms with Crippen LogP contribution in [0.2, 0.25) is 0 Å². The average Bonchev–Trinajstić information content (AvgIpc) is 2.91. The maximum absolute atomic E-state index is 12.4. The number of carboxylic acid groups (broad SMARTS) is 1. The second-order valence-corrected chi connectivity index (χ2v) is 7.11. The lowest BCUT2D eigenvalue weighted by Gasteiger charge is -2.34. The zero-order chi connectivity index (χ0) is 18.6. The van der Waals surface area contributed by atoms with Crippen molar-refractivity contribution in [2.45, 2.75) is 33.6 Å². The summed E-state index contributed by atoms with van der Waals surface area (Å²) in [5.74, 6) is -0.110. The minimum absolute atomic E-state index is 0.0509. The summed E-state index contributed by atoms with van der Waals surface area (Å²) in [6.07, 6.45) is 0.621. The van der Waals surface area contributed by atoms with Crippen molar-refractivity contribution in [3.63, 3.8) is 0 Å². The number of thiophene rings is 1. The van der Waals surface area contributed by atoms with Crippen molar-refractivity contribution in [1.82, 2.24) is 4.90 Å². The predicted octanol–water partition coefficient (Wildman–Crippen LogP) is 3.10. The molecule has 1 fully saturated rings. The number of nitrogens with zero attached hydrogens (tertiary/aromatic N) is 3. The minimum Gasteiger partial charge on any atom is -0.465 e. The molecule has 0 aromatic carbocycles. The molecule has 8 heteroatoms. The molecule has 2 heterocycles. The Bertz CT molecular complexity index is 683. The van der Waals surface area contributed by atoms with Crippen molar-refractivity contribution in [1.29, 1.82) is 5.26 Å². The molecule has 1 saturated heterocycles. The van der Waals surface area contributed by atoms with Crippen molar-refractivity contribution in [3.05, 3.63) is 11.1 Å². The molecule has 2 N–H and O–H groups in total. The van der Waals surface area contributed by atoms with Crippen LogP contribution in [-0.4, -0.2) is 48.2 Å². The number of nitrogens with one attached hydrogen (secondary N) is 1. The smallest absolute Gasteiger partial charge is 0.407 e. The van der Waals surface area contributed by atoms with E-state index in [1.165, 1.54) is 16.2 Å². The van der Waals surface area contributed by atoms with Gasteiger partial charge in [-0.1, -0.05) is 25.2 Å². The zero-order valence-corrected chi connectivity index (χ0v) is 15.7. The number of nitriles is 1. The van der Waals surface area contributed by atoms with Crippen molar-refractivity contribution >= 4 is 33.3 Å². The van der Waals surface area contributed by atoms with Gasteiger partial charge >= 0.3 is 6.09 Å². The van der Waals surface area contributed by atoms with E-state index >= 15 is 0 Å². The quantitative estimate of drug-likeness (QED) is 0.837. The van der Waals surface area contributed by atoms with Gasteiger partial charge in [-0.15, -0.1) is 0 Å². The van der Waals surface area contributed by atoms with Crippen LogP contribution < -0.4 is 10.2 Å². The molecule has 1 aliphatic rings. The highest BCUT2D eigenvalue weighted by Gasteiger charge is 2.26. The first-order chi connectivity index (χ1) is 11.9. The van der Waals surface area contributed by atoms with Crippen LogP contribution >= 0.6 is 11.3 Å². The molecule has 0 atom stereocenters. The molecular formula is C17H24N4O3S. The number of carbonyl (C=O) groups excluding carboxylic acids is 1. The number of hydrogen-bond donors (Lipinski definition) is 2. The highest BCUT2D eigenvalue weighted by Crippen LogP contribution is 2.39. The Labute approximate surface area is 151 Å². The molecule has 0 bridgehead atoms. The first kappa shape index (κ1) is 19.1. The fraction of sp³-hybridized carbons (Fsp3) is 0.588. The molecule has 0 aliphatic carbocycles. The van der Waals surface area contributed by atoms with E-state index in [4.69, 9.17) is 5.11 Å². The molecular weight excluding hydrogens is 340 g/mol. The molecule has 0 spiro atoms. The van der Waals surface area contributed by atoms with Gasteiger partial charge in [0, 0.05) is 37.7 Å². The molecule has 2 amide bonds. The maximum atomic E-state index is 12.4. The van der Waals surface area contributed by atoms with Gasteiger partial charge in [0.2, 0.25) is 5.91 Å². The van der Waals surface area contributed by atoms with Gasteiger partial charge in [0.25, 0.3) is 0 Å². The average molecular weight is 364 g/mol. The van der Waals surface area contributed by atoms with Crippen LogP contribution in [0, 0.1) is 24.2 Å². The number of anilines is 2. The Kier molecular flexibility index (Phi) is 6.26. The van der Waals surface area contributed by atoms with E-state index in [0.29, 0.717) is 36.7 Å². The van der Waals surface area contributed by atoms with E-state index in [1.54, 1.807) is 0 Å². The van der Waals surface area contributed by atoms with E-state index in [9.17, 15) is 14.9 Å². The summed E-state index contributed by atoms with van der Waals surface area (Å²) in [6.45, 7) is 7.86. The van der Waals surface area contributed by atoms with Gasteiger partial charge in [-0.05, 0) is 19.8 Å². The van der Waals surface area contributed by atoms with Crippen LogP contribution in [0.4, 0.5) is 14.8 Å². The van der Waals surface area contributed by atoms with Gasteiger partial charge in [0.1, 0.15) is 11.1 Å². The lowest BCUT2D eigenvalue weighted by Crippen LogP contribution is -2.48. The number of piperazine rings is 1. The zero-order valence-electron chi connectivity index (χ0n) is 14.8. The number of carbonyl (C=O) groups is 2. The summed E-state index contributed by atoms with van der Waals surface area (Å²) in [6, 6.07) is 2.20. The van der Waals surface area contributed by atoms with Crippen molar-refractivity contribution in [3.8, 4) is 6.07 Å². The van der Waals surface area contributed by atoms with Gasteiger partial charge in [0.05, 0.1) is 10.6 Å². The second-order valence-electron chi connectivity index (χ2n) is 6.11. The van der Waals surface area contributed by atoms with Crippen LogP contribution in [0.3, 0.4) is 0 Å². The van der Waals surface area contributed by atoms with E-state index in [0.717, 1.165) is 23.4 Å². The minimum atomic E-state index is -0.904. The molecule has 1 aliphatic heterocycles. The highest BCUT2D eigenvalue weighted by atomic mass is 32.1. The molecule has 7 nitrogen and oxygen atoms in total. The van der Waals surface area contributed by atoms with Gasteiger partial charge < -0.3 is 20.2 Å². The van der Waals surface area contributed by atoms with Crippen LogP contribution in [-0.2, 0) is 4.79 Å². The fourth-order valence-electron chi connectivity index (χ4n) is 3.00. The second kappa shape index (κ2) is 8.21. The number of hydrogen-bond acceptors (Lipinski definition) is 5. The van der Waals surface area contributed by atoms with Crippen molar-refractivity contribution in [2.24, 2.45) is 5.92 Å². The topological polar surface area (TPSA) is 96.7 Å². The fourth-order valence-corrected chi connectivity index (χ4v) is 4.21. The Morgan fingerprint density at radius 2 is 1.88 bits per heavy atom. The van der Waals surface area contributed by atoms with E-state index < -0.39 is 6.09 Å². The Balaban J connectivity index is 2.19. The molecule has 2 rings (SSSR count). The third-order valence-corrected chi connectivity index (χ3v) is 5.93. The van der Waals surface area contributed by atoms with Crippen molar-refractivity contribution in [2.75, 3.05) is 36.4 Å². The third-order valence-electron chi connectivity index (χ3n) is 4.66. The standard InChI is InChI=1S/C17H24N4O3S/c1-4-12(5-2)14(22)19-15-13(10-18)11(3)16(25-15)20-6-8-21(9-7-20)17(23)24/h12H,4-9H2,1-3H3,(H,19,22)(H,23,24). The maximum Gasteiger partial charge on any atom is 0.407 e. The number of amides is 2. The summed E-state index contributed by atoms with van der Waals surface area (Å²) in [4.78, 5) is 26.9. The summed E-state index contributed by atoms with van der Waals surface area (Å²) in [5, 5.41) is 23.0. The molecule has 0 radical (unpaired) electrons. The predicted molar refractivity (Wildman–Crippen MR) is 98.3 cm³/mol. The van der Waals surface area contributed by atoms with Crippen LogP contribution in [0.5, 0.6) is 0 Å². The van der Waals surface area contributed by atoms with Crippen molar-refractivity contribution < 1.29 is 14.7 Å². The van der Waals surface area contributed by atoms with Gasteiger partial charge in [-0.25, -0.2) is 4.79 Å². The van der Waals surface area contributed by atoms with Gasteiger partial charge in [0.15, 0.2) is 0 Å².